The Balaban J connectivity index is 1.29. The topological polar surface area (TPSA) is 56.5 Å². The Hall–Kier alpha value is -5.42. The predicted octanol–water partition coefficient (Wildman–Crippen LogP) is 8.52. The zero-order valence-corrected chi connectivity index (χ0v) is 23.4. The van der Waals surface area contributed by atoms with E-state index in [1.54, 1.807) is 0 Å². The Labute approximate surface area is 244 Å². The second kappa shape index (κ2) is 9.32. The number of rotatable bonds is 4. The van der Waals surface area contributed by atoms with Crippen LogP contribution in [0.1, 0.15) is 25.2 Å². The van der Waals surface area contributed by atoms with Crippen LogP contribution in [0.3, 0.4) is 0 Å². The fraction of sp³-hybridized carbons (Fsp3) is 0.0811. The van der Waals surface area contributed by atoms with Gasteiger partial charge in [0.1, 0.15) is 5.82 Å². The maximum atomic E-state index is 5.27. The Morgan fingerprint density at radius 2 is 1.05 bits per heavy atom. The van der Waals surface area contributed by atoms with Crippen molar-refractivity contribution < 1.29 is 0 Å². The molecule has 0 N–H and O–H groups in total. The van der Waals surface area contributed by atoms with E-state index < -0.39 is 0 Å². The van der Waals surface area contributed by atoms with Crippen LogP contribution in [0.5, 0.6) is 0 Å². The van der Waals surface area contributed by atoms with Gasteiger partial charge in [0, 0.05) is 22.3 Å². The molecule has 0 saturated heterocycles. The SMILES string of the molecule is CC1(C)c2ccccc2-n2c1nc1c(-c3cccc(-c4nc(-c5ccccc5)nc(-c5ccccc5)n4)c3)cccc12. The van der Waals surface area contributed by atoms with E-state index in [1.165, 1.54) is 11.3 Å². The van der Waals surface area contributed by atoms with Crippen LogP contribution in [0.2, 0.25) is 0 Å². The minimum absolute atomic E-state index is 0.179. The third-order valence-corrected chi connectivity index (χ3v) is 8.19. The van der Waals surface area contributed by atoms with Crippen molar-refractivity contribution >= 4 is 11.0 Å². The standard InChI is InChI=1S/C37H27N5/c1-37(2)29-20-9-10-21-30(29)42-31-22-12-19-28(32(31)38-36(37)42)26-17-11-18-27(23-26)35-40-33(24-13-5-3-6-14-24)39-34(41-35)25-15-7-4-8-16-25/h3-23H,1-2H3. The number of para-hydroxylation sites is 2. The Kier molecular flexibility index (Phi) is 5.41. The lowest BCUT2D eigenvalue weighted by atomic mass is 9.85. The first kappa shape index (κ1) is 24.4. The molecule has 0 fully saturated rings. The van der Waals surface area contributed by atoms with Crippen LogP contribution in [-0.4, -0.2) is 24.5 Å². The molecule has 0 spiro atoms. The van der Waals surface area contributed by atoms with Gasteiger partial charge in [-0.05, 0) is 43.2 Å². The van der Waals surface area contributed by atoms with E-state index >= 15 is 0 Å². The molecule has 200 valence electrons. The predicted molar refractivity (Wildman–Crippen MR) is 168 cm³/mol. The molecule has 42 heavy (non-hydrogen) atoms. The average Bonchev–Trinajstić information content (AvgIpc) is 3.55. The number of hydrogen-bond donors (Lipinski definition) is 0. The van der Waals surface area contributed by atoms with Crippen LogP contribution in [0.15, 0.2) is 127 Å². The summed E-state index contributed by atoms with van der Waals surface area (Å²) in [5.41, 5.74) is 9.44. The van der Waals surface area contributed by atoms with Crippen LogP contribution in [0.4, 0.5) is 0 Å². The molecule has 0 radical (unpaired) electrons. The van der Waals surface area contributed by atoms with Crippen molar-refractivity contribution in [3.63, 3.8) is 0 Å². The van der Waals surface area contributed by atoms with Crippen molar-refractivity contribution in [2.24, 2.45) is 0 Å². The average molecular weight is 542 g/mol. The van der Waals surface area contributed by atoms with Crippen LogP contribution in [0, 0.1) is 0 Å². The van der Waals surface area contributed by atoms with Gasteiger partial charge in [-0.2, -0.15) is 0 Å². The van der Waals surface area contributed by atoms with E-state index in [0.29, 0.717) is 17.5 Å². The Bertz CT molecular complexity index is 2050. The summed E-state index contributed by atoms with van der Waals surface area (Å²) in [7, 11) is 0. The molecule has 0 bridgehead atoms. The van der Waals surface area contributed by atoms with Gasteiger partial charge in [-0.3, -0.25) is 4.57 Å². The van der Waals surface area contributed by atoms with Gasteiger partial charge in [-0.25, -0.2) is 19.9 Å². The van der Waals surface area contributed by atoms with Crippen molar-refractivity contribution in [1.29, 1.82) is 0 Å². The van der Waals surface area contributed by atoms with Gasteiger partial charge in [0.05, 0.1) is 22.1 Å². The van der Waals surface area contributed by atoms with Gasteiger partial charge < -0.3 is 0 Å². The Morgan fingerprint density at radius 3 is 1.74 bits per heavy atom. The maximum Gasteiger partial charge on any atom is 0.164 e. The lowest BCUT2D eigenvalue weighted by molar-refractivity contribution is 0.621. The summed E-state index contributed by atoms with van der Waals surface area (Å²) >= 11 is 0. The van der Waals surface area contributed by atoms with Crippen LogP contribution in [-0.2, 0) is 5.41 Å². The zero-order valence-electron chi connectivity index (χ0n) is 23.4. The lowest BCUT2D eigenvalue weighted by Gasteiger charge is -2.17. The van der Waals surface area contributed by atoms with E-state index in [0.717, 1.165) is 44.7 Å². The molecular formula is C37H27N5. The molecule has 5 aromatic carbocycles. The number of benzene rings is 5. The van der Waals surface area contributed by atoms with Crippen LogP contribution in [0.25, 0.3) is 62.0 Å². The van der Waals surface area contributed by atoms with E-state index in [4.69, 9.17) is 19.9 Å². The fourth-order valence-corrected chi connectivity index (χ4v) is 6.08. The van der Waals surface area contributed by atoms with E-state index in [9.17, 15) is 0 Å². The highest BCUT2D eigenvalue weighted by Gasteiger charge is 2.38. The second-order valence-corrected chi connectivity index (χ2v) is 11.2. The molecule has 0 atom stereocenters. The smallest absolute Gasteiger partial charge is 0.164 e. The summed E-state index contributed by atoms with van der Waals surface area (Å²) < 4.78 is 2.32. The van der Waals surface area contributed by atoms with Crippen molar-refractivity contribution in [3.8, 4) is 51.0 Å². The highest BCUT2D eigenvalue weighted by atomic mass is 15.1. The first-order valence-corrected chi connectivity index (χ1v) is 14.2. The molecule has 3 heterocycles. The molecule has 5 heteroatoms. The summed E-state index contributed by atoms with van der Waals surface area (Å²) in [6, 6.07) is 43.6. The van der Waals surface area contributed by atoms with E-state index in [2.05, 4.69) is 85.1 Å². The van der Waals surface area contributed by atoms with Gasteiger partial charge in [-0.1, -0.05) is 109 Å². The molecule has 7 aromatic rings. The minimum Gasteiger partial charge on any atom is -0.295 e. The molecule has 0 amide bonds. The number of hydrogen-bond acceptors (Lipinski definition) is 4. The first-order chi connectivity index (χ1) is 20.6. The quantitative estimate of drug-likeness (QED) is 0.224. The van der Waals surface area contributed by atoms with E-state index in [-0.39, 0.29) is 5.41 Å². The van der Waals surface area contributed by atoms with E-state index in [1.807, 2.05) is 60.7 Å². The molecule has 1 aliphatic rings. The number of aromatic nitrogens is 5. The van der Waals surface area contributed by atoms with Gasteiger partial charge in [0.25, 0.3) is 0 Å². The van der Waals surface area contributed by atoms with Gasteiger partial charge in [0.15, 0.2) is 17.5 Å². The molecule has 0 aliphatic carbocycles. The molecule has 0 saturated carbocycles. The monoisotopic (exact) mass is 541 g/mol. The van der Waals surface area contributed by atoms with Gasteiger partial charge in [0.2, 0.25) is 0 Å². The summed E-state index contributed by atoms with van der Waals surface area (Å²) in [4.78, 5) is 20.0. The first-order valence-electron chi connectivity index (χ1n) is 14.2. The summed E-state index contributed by atoms with van der Waals surface area (Å²) in [5.74, 6) is 3.01. The second-order valence-electron chi connectivity index (χ2n) is 11.2. The fourth-order valence-electron chi connectivity index (χ4n) is 6.08. The maximum absolute atomic E-state index is 5.27. The van der Waals surface area contributed by atoms with Crippen LogP contribution >= 0.6 is 0 Å². The third-order valence-electron chi connectivity index (χ3n) is 8.19. The van der Waals surface area contributed by atoms with Crippen LogP contribution < -0.4 is 0 Å². The van der Waals surface area contributed by atoms with Crippen molar-refractivity contribution in [2.75, 3.05) is 0 Å². The van der Waals surface area contributed by atoms with Gasteiger partial charge >= 0.3 is 0 Å². The molecule has 8 rings (SSSR count). The van der Waals surface area contributed by atoms with Crippen molar-refractivity contribution in [3.05, 3.63) is 139 Å². The van der Waals surface area contributed by atoms with Crippen molar-refractivity contribution in [1.82, 2.24) is 24.5 Å². The summed E-state index contributed by atoms with van der Waals surface area (Å²) in [5, 5.41) is 0. The van der Waals surface area contributed by atoms with Crippen molar-refractivity contribution in [2.45, 2.75) is 19.3 Å². The molecule has 5 nitrogen and oxygen atoms in total. The highest BCUT2D eigenvalue weighted by Crippen LogP contribution is 2.45. The third kappa shape index (κ3) is 3.78. The number of fused-ring (bicyclic) bond motifs is 5. The molecular weight excluding hydrogens is 514 g/mol. The Morgan fingerprint density at radius 1 is 0.500 bits per heavy atom. The van der Waals surface area contributed by atoms with Gasteiger partial charge in [-0.15, -0.1) is 0 Å². The molecule has 2 aromatic heterocycles. The summed E-state index contributed by atoms with van der Waals surface area (Å²) in [6.07, 6.45) is 0. The number of imidazole rings is 1. The lowest BCUT2D eigenvalue weighted by Crippen LogP contribution is -2.16. The number of nitrogens with zero attached hydrogens (tertiary/aromatic N) is 5. The molecule has 0 unspecified atom stereocenters. The normalized spacial score (nSPS) is 13.2. The largest absolute Gasteiger partial charge is 0.295 e. The minimum atomic E-state index is -0.179. The molecule has 1 aliphatic heterocycles. The highest BCUT2D eigenvalue weighted by molar-refractivity contribution is 5.95. The zero-order chi connectivity index (χ0) is 28.3. The summed E-state index contributed by atoms with van der Waals surface area (Å²) in [6.45, 7) is 4.51.